The molecule has 2 unspecified atom stereocenters. The standard InChI is InChI=1S/C14H29NO/c1-10-8-11(13(2,3)4)15(16)12(9-10)14(5,6)7/h10-12,16H,8-9H2,1-7H3. The largest absolute Gasteiger partial charge is 0.313 e. The summed E-state index contributed by atoms with van der Waals surface area (Å²) in [5.41, 5.74) is 0.292. The zero-order valence-electron chi connectivity index (χ0n) is 12.0. The van der Waals surface area contributed by atoms with Gasteiger partial charge in [-0.3, -0.25) is 0 Å². The van der Waals surface area contributed by atoms with E-state index in [1.165, 1.54) is 0 Å². The van der Waals surface area contributed by atoms with Crippen molar-refractivity contribution in [3.05, 3.63) is 0 Å². The van der Waals surface area contributed by atoms with Crippen LogP contribution in [-0.2, 0) is 0 Å². The summed E-state index contributed by atoms with van der Waals surface area (Å²) >= 11 is 0. The molecule has 2 atom stereocenters. The van der Waals surface area contributed by atoms with Crippen molar-refractivity contribution < 1.29 is 5.21 Å². The predicted octanol–water partition coefficient (Wildman–Crippen LogP) is 3.94. The van der Waals surface area contributed by atoms with Crippen molar-refractivity contribution in [2.75, 3.05) is 0 Å². The lowest BCUT2D eigenvalue weighted by Gasteiger charge is -2.50. The molecule has 96 valence electrons. The first-order valence-electron chi connectivity index (χ1n) is 6.50. The van der Waals surface area contributed by atoms with E-state index in [0.29, 0.717) is 5.92 Å². The van der Waals surface area contributed by atoms with Crippen LogP contribution in [0, 0.1) is 16.7 Å². The van der Waals surface area contributed by atoms with E-state index in [1.807, 2.05) is 0 Å². The van der Waals surface area contributed by atoms with Crippen LogP contribution in [0.3, 0.4) is 0 Å². The van der Waals surface area contributed by atoms with E-state index in [1.54, 1.807) is 5.06 Å². The van der Waals surface area contributed by atoms with Crippen molar-refractivity contribution in [1.82, 2.24) is 5.06 Å². The number of nitrogens with zero attached hydrogens (tertiary/aromatic N) is 1. The van der Waals surface area contributed by atoms with Gasteiger partial charge in [0.2, 0.25) is 0 Å². The Morgan fingerprint density at radius 2 is 1.19 bits per heavy atom. The molecule has 1 aliphatic heterocycles. The van der Waals surface area contributed by atoms with E-state index in [4.69, 9.17) is 0 Å². The average Bonchev–Trinajstić information content (AvgIpc) is 2.04. The van der Waals surface area contributed by atoms with E-state index in [-0.39, 0.29) is 22.9 Å². The SMILES string of the molecule is CC1CC(C(C)(C)C)N(O)C(C(C)(C)C)C1. The van der Waals surface area contributed by atoms with E-state index in [2.05, 4.69) is 48.5 Å². The quantitative estimate of drug-likeness (QED) is 0.677. The minimum Gasteiger partial charge on any atom is -0.313 e. The fraction of sp³-hybridized carbons (Fsp3) is 1.00. The summed E-state index contributed by atoms with van der Waals surface area (Å²) < 4.78 is 0. The molecule has 1 heterocycles. The van der Waals surface area contributed by atoms with Crippen molar-refractivity contribution in [2.24, 2.45) is 16.7 Å². The Bertz CT molecular complexity index is 212. The van der Waals surface area contributed by atoms with E-state index in [0.717, 1.165) is 12.8 Å². The van der Waals surface area contributed by atoms with Gasteiger partial charge in [-0.05, 0) is 29.6 Å². The molecule has 0 aromatic heterocycles. The van der Waals surface area contributed by atoms with Crippen LogP contribution < -0.4 is 0 Å². The molecular formula is C14H29NO. The van der Waals surface area contributed by atoms with Crippen LogP contribution in [0.4, 0.5) is 0 Å². The van der Waals surface area contributed by atoms with Gasteiger partial charge < -0.3 is 5.21 Å². The molecule has 1 aliphatic rings. The summed E-state index contributed by atoms with van der Waals surface area (Å²) in [4.78, 5) is 0. The number of hydrogen-bond donors (Lipinski definition) is 1. The average molecular weight is 227 g/mol. The van der Waals surface area contributed by atoms with Gasteiger partial charge in [-0.15, -0.1) is 0 Å². The fourth-order valence-electron chi connectivity index (χ4n) is 2.79. The van der Waals surface area contributed by atoms with Crippen LogP contribution in [0.5, 0.6) is 0 Å². The van der Waals surface area contributed by atoms with Crippen LogP contribution >= 0.6 is 0 Å². The van der Waals surface area contributed by atoms with Crippen molar-refractivity contribution in [2.45, 2.75) is 73.4 Å². The Morgan fingerprint density at radius 3 is 1.44 bits per heavy atom. The lowest BCUT2D eigenvalue weighted by atomic mass is 9.71. The Kier molecular flexibility index (Phi) is 3.76. The Labute approximate surface area is 101 Å². The first kappa shape index (κ1) is 14.0. The number of rotatable bonds is 0. The van der Waals surface area contributed by atoms with E-state index < -0.39 is 0 Å². The summed E-state index contributed by atoms with van der Waals surface area (Å²) in [6.07, 6.45) is 2.21. The second-order valence-electron chi connectivity index (χ2n) is 7.72. The molecule has 0 aliphatic carbocycles. The maximum absolute atomic E-state index is 10.5. The van der Waals surface area contributed by atoms with Crippen molar-refractivity contribution >= 4 is 0 Å². The van der Waals surface area contributed by atoms with Gasteiger partial charge in [-0.25, -0.2) is 0 Å². The van der Waals surface area contributed by atoms with Gasteiger partial charge >= 0.3 is 0 Å². The molecule has 1 rings (SSSR count). The van der Waals surface area contributed by atoms with Gasteiger partial charge in [0.15, 0.2) is 0 Å². The van der Waals surface area contributed by atoms with Crippen molar-refractivity contribution in [3.63, 3.8) is 0 Å². The molecule has 1 fully saturated rings. The third-order valence-electron chi connectivity index (χ3n) is 3.89. The highest BCUT2D eigenvalue weighted by molar-refractivity contribution is 4.93. The molecule has 0 amide bonds. The van der Waals surface area contributed by atoms with Crippen molar-refractivity contribution in [3.8, 4) is 0 Å². The molecular weight excluding hydrogens is 198 g/mol. The van der Waals surface area contributed by atoms with Gasteiger partial charge in [-0.2, -0.15) is 5.06 Å². The molecule has 2 nitrogen and oxygen atoms in total. The molecule has 0 bridgehead atoms. The first-order chi connectivity index (χ1) is 7.03. The lowest BCUT2D eigenvalue weighted by molar-refractivity contribution is -0.229. The highest BCUT2D eigenvalue weighted by Crippen LogP contribution is 2.41. The van der Waals surface area contributed by atoms with Crippen LogP contribution in [0.15, 0.2) is 0 Å². The molecule has 0 aromatic rings. The highest BCUT2D eigenvalue weighted by Gasteiger charge is 2.43. The predicted molar refractivity (Wildman–Crippen MR) is 68.5 cm³/mol. The van der Waals surface area contributed by atoms with Gasteiger partial charge in [0.1, 0.15) is 0 Å². The minimum absolute atomic E-state index is 0.146. The molecule has 0 saturated carbocycles. The number of piperidine rings is 1. The van der Waals surface area contributed by atoms with E-state index >= 15 is 0 Å². The van der Waals surface area contributed by atoms with Crippen LogP contribution in [-0.4, -0.2) is 22.4 Å². The lowest BCUT2D eigenvalue weighted by Crippen LogP contribution is -2.56. The van der Waals surface area contributed by atoms with Crippen LogP contribution in [0.1, 0.15) is 61.3 Å². The maximum atomic E-state index is 10.5. The van der Waals surface area contributed by atoms with Gasteiger partial charge in [0.25, 0.3) is 0 Å². The van der Waals surface area contributed by atoms with Gasteiger partial charge in [0.05, 0.1) is 0 Å². The summed E-state index contributed by atoms with van der Waals surface area (Å²) in [7, 11) is 0. The second-order valence-corrected chi connectivity index (χ2v) is 7.72. The molecule has 1 saturated heterocycles. The Balaban J connectivity index is 2.91. The van der Waals surface area contributed by atoms with Crippen molar-refractivity contribution in [1.29, 1.82) is 0 Å². The topological polar surface area (TPSA) is 23.5 Å². The Morgan fingerprint density at radius 1 is 0.875 bits per heavy atom. The molecule has 2 heteroatoms. The third-order valence-corrected chi connectivity index (χ3v) is 3.89. The summed E-state index contributed by atoms with van der Waals surface area (Å²) in [6.45, 7) is 15.6. The second kappa shape index (κ2) is 4.30. The first-order valence-corrected chi connectivity index (χ1v) is 6.50. The summed E-state index contributed by atoms with van der Waals surface area (Å²) in [5, 5.41) is 12.1. The molecule has 0 radical (unpaired) electrons. The van der Waals surface area contributed by atoms with Gasteiger partial charge in [-0.1, -0.05) is 48.5 Å². The third kappa shape index (κ3) is 2.98. The van der Waals surface area contributed by atoms with Gasteiger partial charge in [0, 0.05) is 12.1 Å². The normalized spacial score (nSPS) is 34.1. The van der Waals surface area contributed by atoms with E-state index in [9.17, 15) is 5.21 Å². The summed E-state index contributed by atoms with van der Waals surface area (Å²) in [6, 6.07) is 0.556. The molecule has 1 N–H and O–H groups in total. The smallest absolute Gasteiger partial charge is 0.0404 e. The maximum Gasteiger partial charge on any atom is 0.0404 e. The molecule has 16 heavy (non-hydrogen) atoms. The monoisotopic (exact) mass is 227 g/mol. The zero-order chi connectivity index (χ0) is 12.7. The fourth-order valence-corrected chi connectivity index (χ4v) is 2.79. The zero-order valence-corrected chi connectivity index (χ0v) is 12.0. The number of hydrogen-bond acceptors (Lipinski definition) is 2. The molecule has 0 spiro atoms. The molecule has 0 aromatic carbocycles. The van der Waals surface area contributed by atoms with Crippen LogP contribution in [0.25, 0.3) is 0 Å². The summed E-state index contributed by atoms with van der Waals surface area (Å²) in [5.74, 6) is 0.705. The Hall–Kier alpha value is -0.0800. The highest BCUT2D eigenvalue weighted by atomic mass is 16.5. The van der Waals surface area contributed by atoms with Crippen LogP contribution in [0.2, 0.25) is 0 Å². The minimum atomic E-state index is 0.146. The number of hydroxylamine groups is 2.